The topological polar surface area (TPSA) is 61.7 Å². The number of aliphatic imine (C=N–C) groups is 1. The molecule has 2 aromatic carbocycles. The molecule has 0 aromatic heterocycles. The van der Waals surface area contributed by atoms with Crippen molar-refractivity contribution in [3.05, 3.63) is 52.5 Å². The SMILES string of the molecule is CC(=O)Nc1ccc(N=Cc2cc(Br)ccc2O)cc1. The van der Waals surface area contributed by atoms with Crippen LogP contribution in [0.4, 0.5) is 11.4 Å². The Balaban J connectivity index is 2.15. The molecular weight excluding hydrogens is 320 g/mol. The van der Waals surface area contributed by atoms with Gasteiger partial charge in [0, 0.05) is 28.9 Å². The molecule has 2 rings (SSSR count). The molecular formula is C15H13BrN2O2. The van der Waals surface area contributed by atoms with Crippen LogP contribution >= 0.6 is 15.9 Å². The highest BCUT2D eigenvalue weighted by Gasteiger charge is 1.99. The van der Waals surface area contributed by atoms with Gasteiger partial charge in [0.2, 0.25) is 5.91 Å². The molecule has 102 valence electrons. The smallest absolute Gasteiger partial charge is 0.221 e. The fourth-order valence-electron chi connectivity index (χ4n) is 1.61. The van der Waals surface area contributed by atoms with Gasteiger partial charge in [-0.25, -0.2) is 0 Å². The average molecular weight is 333 g/mol. The van der Waals surface area contributed by atoms with Gasteiger partial charge in [-0.05, 0) is 42.5 Å². The summed E-state index contributed by atoms with van der Waals surface area (Å²) in [5.41, 5.74) is 2.09. The molecule has 5 heteroatoms. The van der Waals surface area contributed by atoms with Crippen LogP contribution < -0.4 is 5.32 Å². The Morgan fingerprint density at radius 2 is 1.95 bits per heavy atom. The lowest BCUT2D eigenvalue weighted by Gasteiger charge is -2.02. The second kappa shape index (κ2) is 6.34. The second-order valence-corrected chi connectivity index (χ2v) is 5.11. The maximum absolute atomic E-state index is 10.9. The zero-order chi connectivity index (χ0) is 14.5. The lowest BCUT2D eigenvalue weighted by molar-refractivity contribution is -0.114. The highest BCUT2D eigenvalue weighted by molar-refractivity contribution is 9.10. The Morgan fingerprint density at radius 3 is 2.60 bits per heavy atom. The van der Waals surface area contributed by atoms with Crippen molar-refractivity contribution in [2.75, 3.05) is 5.32 Å². The van der Waals surface area contributed by atoms with E-state index >= 15 is 0 Å². The van der Waals surface area contributed by atoms with Crippen LogP contribution in [0.3, 0.4) is 0 Å². The van der Waals surface area contributed by atoms with E-state index in [1.807, 2.05) is 0 Å². The first-order valence-electron chi connectivity index (χ1n) is 5.95. The largest absolute Gasteiger partial charge is 0.507 e. The molecule has 0 aliphatic carbocycles. The van der Waals surface area contributed by atoms with Gasteiger partial charge in [0.05, 0.1) is 5.69 Å². The first kappa shape index (κ1) is 14.3. The molecule has 2 N–H and O–H groups in total. The Labute approximate surface area is 125 Å². The molecule has 1 amide bonds. The van der Waals surface area contributed by atoms with Gasteiger partial charge in [-0.3, -0.25) is 9.79 Å². The molecule has 0 aliphatic heterocycles. The number of phenols is 1. The number of carbonyl (C=O) groups excluding carboxylic acids is 1. The molecule has 4 nitrogen and oxygen atoms in total. The number of hydrogen-bond donors (Lipinski definition) is 2. The summed E-state index contributed by atoms with van der Waals surface area (Å²) in [5.74, 6) is 0.0622. The molecule has 0 saturated carbocycles. The lowest BCUT2D eigenvalue weighted by Crippen LogP contribution is -2.04. The number of nitrogens with one attached hydrogen (secondary N) is 1. The van der Waals surface area contributed by atoms with Crippen LogP contribution in [0.1, 0.15) is 12.5 Å². The van der Waals surface area contributed by atoms with E-state index in [0.717, 1.165) is 15.8 Å². The monoisotopic (exact) mass is 332 g/mol. The van der Waals surface area contributed by atoms with Crippen molar-refractivity contribution in [3.63, 3.8) is 0 Å². The Kier molecular flexibility index (Phi) is 4.53. The number of carbonyl (C=O) groups is 1. The van der Waals surface area contributed by atoms with Crippen LogP contribution in [0, 0.1) is 0 Å². The summed E-state index contributed by atoms with van der Waals surface area (Å²) in [4.78, 5) is 15.2. The highest BCUT2D eigenvalue weighted by Crippen LogP contribution is 2.22. The van der Waals surface area contributed by atoms with Crippen molar-refractivity contribution in [3.8, 4) is 5.75 Å². The number of hydrogen-bond acceptors (Lipinski definition) is 3. The number of nitrogens with zero attached hydrogens (tertiary/aromatic N) is 1. The molecule has 0 aliphatic rings. The third kappa shape index (κ3) is 3.93. The van der Waals surface area contributed by atoms with Crippen molar-refractivity contribution >= 4 is 39.4 Å². The third-order valence-electron chi connectivity index (χ3n) is 2.53. The molecule has 0 bridgehead atoms. The van der Waals surface area contributed by atoms with Gasteiger partial charge < -0.3 is 10.4 Å². The molecule has 0 fully saturated rings. The third-order valence-corrected chi connectivity index (χ3v) is 3.02. The summed E-state index contributed by atoms with van der Waals surface area (Å²) in [6, 6.07) is 12.3. The van der Waals surface area contributed by atoms with Gasteiger partial charge in [-0.1, -0.05) is 15.9 Å². The molecule has 0 spiro atoms. The molecule has 0 radical (unpaired) electrons. The molecule has 20 heavy (non-hydrogen) atoms. The lowest BCUT2D eigenvalue weighted by atomic mass is 10.2. The Morgan fingerprint density at radius 1 is 1.25 bits per heavy atom. The fourth-order valence-corrected chi connectivity index (χ4v) is 1.99. The first-order chi connectivity index (χ1) is 9.54. The Bertz CT molecular complexity index is 651. The van der Waals surface area contributed by atoms with Crippen molar-refractivity contribution in [2.24, 2.45) is 4.99 Å². The minimum Gasteiger partial charge on any atom is -0.507 e. The number of aromatic hydroxyl groups is 1. The summed E-state index contributed by atoms with van der Waals surface area (Å²) in [7, 11) is 0. The maximum Gasteiger partial charge on any atom is 0.221 e. The average Bonchev–Trinajstić information content (AvgIpc) is 2.41. The predicted octanol–water partition coefficient (Wildman–Crippen LogP) is 3.86. The molecule has 0 saturated heterocycles. The van der Waals surface area contributed by atoms with E-state index in [9.17, 15) is 9.90 Å². The summed E-state index contributed by atoms with van der Waals surface area (Å²) in [5, 5.41) is 12.4. The molecule has 0 heterocycles. The number of anilines is 1. The van der Waals surface area contributed by atoms with Crippen LogP contribution in [-0.4, -0.2) is 17.2 Å². The van der Waals surface area contributed by atoms with E-state index in [4.69, 9.17) is 0 Å². The normalized spacial score (nSPS) is 10.7. The van der Waals surface area contributed by atoms with Gasteiger partial charge in [0.1, 0.15) is 5.75 Å². The number of benzene rings is 2. The summed E-state index contributed by atoms with van der Waals surface area (Å²) < 4.78 is 0.873. The Hall–Kier alpha value is -2.14. The second-order valence-electron chi connectivity index (χ2n) is 4.19. The van der Waals surface area contributed by atoms with E-state index in [-0.39, 0.29) is 11.7 Å². The molecule has 0 unspecified atom stereocenters. The van der Waals surface area contributed by atoms with Gasteiger partial charge in [0.25, 0.3) is 0 Å². The van der Waals surface area contributed by atoms with E-state index in [0.29, 0.717) is 5.56 Å². The van der Waals surface area contributed by atoms with E-state index in [2.05, 4.69) is 26.2 Å². The van der Waals surface area contributed by atoms with Crippen LogP contribution in [-0.2, 0) is 4.79 Å². The molecule has 0 atom stereocenters. The fraction of sp³-hybridized carbons (Fsp3) is 0.0667. The van der Waals surface area contributed by atoms with Crippen LogP contribution in [0.2, 0.25) is 0 Å². The van der Waals surface area contributed by atoms with Crippen LogP contribution in [0.25, 0.3) is 0 Å². The van der Waals surface area contributed by atoms with E-state index < -0.39 is 0 Å². The zero-order valence-electron chi connectivity index (χ0n) is 10.8. The van der Waals surface area contributed by atoms with E-state index in [1.54, 1.807) is 48.7 Å². The first-order valence-corrected chi connectivity index (χ1v) is 6.74. The van der Waals surface area contributed by atoms with E-state index in [1.165, 1.54) is 6.92 Å². The number of amides is 1. The van der Waals surface area contributed by atoms with Gasteiger partial charge in [-0.15, -0.1) is 0 Å². The summed E-state index contributed by atoms with van der Waals surface area (Å²) >= 11 is 3.34. The van der Waals surface area contributed by atoms with Crippen molar-refractivity contribution in [1.82, 2.24) is 0 Å². The van der Waals surface area contributed by atoms with Gasteiger partial charge in [-0.2, -0.15) is 0 Å². The van der Waals surface area contributed by atoms with Crippen molar-refractivity contribution in [1.29, 1.82) is 0 Å². The number of halogens is 1. The maximum atomic E-state index is 10.9. The quantitative estimate of drug-likeness (QED) is 0.838. The summed E-state index contributed by atoms with van der Waals surface area (Å²) in [6.07, 6.45) is 1.59. The van der Waals surface area contributed by atoms with Gasteiger partial charge in [0.15, 0.2) is 0 Å². The van der Waals surface area contributed by atoms with Crippen molar-refractivity contribution < 1.29 is 9.90 Å². The van der Waals surface area contributed by atoms with Gasteiger partial charge >= 0.3 is 0 Å². The minimum absolute atomic E-state index is 0.111. The standard InChI is InChI=1S/C15H13BrN2O2/c1-10(19)18-14-5-3-13(4-6-14)17-9-11-8-12(16)2-7-15(11)20/h2-9,20H,1H3,(H,18,19). The minimum atomic E-state index is -0.111. The van der Waals surface area contributed by atoms with Crippen LogP contribution in [0.5, 0.6) is 5.75 Å². The number of phenolic OH excluding ortho intramolecular Hbond substituents is 1. The van der Waals surface area contributed by atoms with Crippen LogP contribution in [0.15, 0.2) is 51.9 Å². The number of rotatable bonds is 3. The molecule has 2 aromatic rings. The summed E-state index contributed by atoms with van der Waals surface area (Å²) in [6.45, 7) is 1.46. The zero-order valence-corrected chi connectivity index (χ0v) is 12.4. The highest BCUT2D eigenvalue weighted by atomic mass is 79.9. The predicted molar refractivity (Wildman–Crippen MR) is 83.8 cm³/mol. The van der Waals surface area contributed by atoms with Crippen molar-refractivity contribution in [2.45, 2.75) is 6.92 Å².